The van der Waals surface area contributed by atoms with Gasteiger partial charge in [-0.25, -0.2) is 8.78 Å². The Hall–Kier alpha value is -2.71. The molecule has 5 saturated heterocycles. The van der Waals surface area contributed by atoms with Crippen LogP contribution in [0.5, 0.6) is 0 Å². The summed E-state index contributed by atoms with van der Waals surface area (Å²) < 4.78 is 26.6. The first kappa shape index (κ1) is 151. The van der Waals surface area contributed by atoms with Gasteiger partial charge in [0.05, 0.1) is 24.4 Å². The number of aryl methyl sites for hydroxylation is 1. The summed E-state index contributed by atoms with van der Waals surface area (Å²) in [4.78, 5) is 13.9. The van der Waals surface area contributed by atoms with Crippen molar-refractivity contribution in [2.75, 3.05) is 148 Å². The smallest absolute Gasteiger partial charge is 0.125 e. The van der Waals surface area contributed by atoms with Crippen molar-refractivity contribution < 1.29 is 92.0 Å². The van der Waals surface area contributed by atoms with Gasteiger partial charge in [-0.05, 0) is 70.3 Å². The Bertz CT molecular complexity index is 3810. The van der Waals surface area contributed by atoms with Gasteiger partial charge in [0.1, 0.15) is 12.3 Å². The van der Waals surface area contributed by atoms with E-state index in [9.17, 15) is 19.0 Å². The molecule has 0 saturated carbocycles. The minimum absolute atomic E-state index is 0. The zero-order valence-corrected chi connectivity index (χ0v) is 90.3. The number of hydrogen-bond acceptors (Lipinski definition) is 15. The van der Waals surface area contributed by atoms with Crippen molar-refractivity contribution in [1.82, 2.24) is 56.0 Å². The van der Waals surface area contributed by atoms with Crippen LogP contribution >= 0.6 is 31.9 Å². The number of hydrogen-bond donors (Lipinski definition) is 9. The minimum Gasteiger partial charge on any atom is -0.412 e. The Morgan fingerprint density at radius 2 is 0.571 bits per heavy atom. The van der Waals surface area contributed by atoms with Crippen LogP contribution in [0.4, 0.5) is 8.78 Å². The van der Waals surface area contributed by atoms with Crippen molar-refractivity contribution in [3.05, 3.63) is 287 Å². The van der Waals surface area contributed by atoms with Gasteiger partial charge in [0.25, 0.3) is 0 Å². The Labute approximate surface area is 959 Å². The van der Waals surface area contributed by atoms with Gasteiger partial charge in [0, 0.05) is 464 Å². The van der Waals surface area contributed by atoms with E-state index in [1.807, 2.05) is 60.7 Å². The van der Waals surface area contributed by atoms with E-state index in [-0.39, 0.29) is 102 Å². The molecule has 58 heteroatoms. The second kappa shape index (κ2) is 91.3. The van der Waals surface area contributed by atoms with Gasteiger partial charge in [0.15, 0.2) is 0 Å². The van der Waals surface area contributed by atoms with E-state index >= 15 is 0 Å². The number of rotatable bonds is 34. The van der Waals surface area contributed by atoms with E-state index < -0.39 is 102 Å². The molecule has 147 heavy (non-hydrogen) atoms. The molecule has 5 aliphatic heterocycles. The molecule has 0 aliphatic carbocycles. The van der Waals surface area contributed by atoms with Gasteiger partial charge in [-0.2, -0.15) is 0 Å². The quantitative estimate of drug-likeness (QED) is 0.0107. The van der Waals surface area contributed by atoms with E-state index in [1.165, 1.54) is 70.8 Å². The number of aliphatic hydroxyl groups is 4. The van der Waals surface area contributed by atoms with Gasteiger partial charge in [-0.3, -0.25) is 29.4 Å². The van der Waals surface area contributed by atoms with Gasteiger partial charge in [-0.1, -0.05) is 289 Å². The number of nitrogens with one attached hydrogen (secondary N) is 5. The number of alkyl halides is 4. The second-order valence-electron chi connectivity index (χ2n) is 36.1. The molecule has 743 valence electrons. The van der Waals surface area contributed by atoms with E-state index in [4.69, 9.17) is 149 Å². The monoisotopic (exact) mass is 2260 g/mol. The molecule has 5 fully saturated rings. The average Bonchev–Trinajstić information content (AvgIpc) is 0.936. The van der Waals surface area contributed by atoms with E-state index in [2.05, 4.69) is 270 Å². The van der Waals surface area contributed by atoms with Crippen LogP contribution in [-0.4, -0.2) is 492 Å². The Kier molecular flexibility index (Phi) is 93.5. The van der Waals surface area contributed by atoms with Crippen LogP contribution in [0.25, 0.3) is 0 Å². The van der Waals surface area contributed by atoms with Gasteiger partial charge in [-0.15, -0.1) is 0 Å². The molecule has 19 nitrogen and oxygen atoms in total. The normalized spacial score (nSPS) is 14.6. The summed E-state index contributed by atoms with van der Waals surface area (Å²) in [5, 5.41) is 55.0. The number of β-amino-alcohol motifs (C(OH)–C–C–N with tert-alkyl or cyclic N) is 3. The fraction of sp³-hybridized carbons (Fsp3) is 0.461. The van der Waals surface area contributed by atoms with Crippen molar-refractivity contribution in [3.63, 3.8) is 0 Å². The first-order valence-corrected chi connectivity index (χ1v) is 50.8. The van der Waals surface area contributed by atoms with Crippen molar-refractivity contribution >= 4 is 268 Å². The minimum atomic E-state index is -0.807. The van der Waals surface area contributed by atoms with Crippen LogP contribution < -0.4 is 26.6 Å². The summed E-state index contributed by atoms with van der Waals surface area (Å²) in [6.07, 6.45) is -8.47. The van der Waals surface area contributed by atoms with Gasteiger partial charge in [0.2, 0.25) is 0 Å². The molecule has 8 aromatic rings. The van der Waals surface area contributed by atoms with E-state index in [1.54, 1.807) is 0 Å². The van der Waals surface area contributed by atoms with Crippen molar-refractivity contribution in [1.29, 1.82) is 0 Å². The van der Waals surface area contributed by atoms with Crippen LogP contribution in [0.3, 0.4) is 0 Å². The number of benzene rings is 8. The topological polar surface area (TPSA) is 287 Å². The molecule has 0 amide bonds. The molecule has 8 aromatic carbocycles. The Morgan fingerprint density at radius 1 is 0.327 bits per heavy atom. The summed E-state index contributed by atoms with van der Waals surface area (Å²) in [6.45, 7) is 23.5. The summed E-state index contributed by atoms with van der Waals surface area (Å²) in [5.74, 6) is 0. The Balaban J connectivity index is -0.000000795. The SMILES string of the molecule is C.C.FC1CN(Cc2ccccc2)CCN(Cc2ccccc2)C1.FC1CNCCNC1.O.O.O.O.OC(CBr)CBr.OC1CN(Cc2ccccc2)CCN(Cc2ccccc2)C1.OC1CN(Cc2ccccc2)CCN(Cc2ccccc2)C1.OC1CNCCNC1.[B]B([B])B([B])B(B([B])[B])B(B([B])[B])B([B])[B].[B][B]B(B([B])[B])B(B([B])[B])B(B([B])[B])B([B])[B].[Pd].[Pd].c1ccc(CCCCNCc2ccccc2)cc1. The molecule has 0 spiro atoms. The van der Waals surface area contributed by atoms with E-state index in [0.717, 1.165) is 157 Å². The zero-order valence-electron chi connectivity index (χ0n) is 84.1. The summed E-state index contributed by atoms with van der Waals surface area (Å²) in [7, 11) is 102. The average molecular weight is 2260 g/mol. The number of nitrogens with zero attached hydrogens (tertiary/aromatic N) is 6. The standard InChI is InChI=1S/C19H23FN2.2C19H24N2O.C17H21N.C5H11FN2.C5H12N2O.C3H6Br2O.2CH4.B17.B16.4H2O.2Pd/c20-19-15-21(13-17-7-3-1-4-8-17)11-12-22(16-19)14-18-9-5-2-6-10-18;2*22-19-15-20(13-17-7-3-1-4-8-17)11-12-21(16-19)14-18-9-5-2-6-10-18;1-3-9-16(10-4-1)11-7-8-14-18-15-17-12-5-2-6-13-17;6-5-3-7-1-2-8-4-5;8-5-3-6-1-2-7-4-5;4-1-3(6)2-5;;;1-10-15(11(2)3)17(14(8)9)16(12(4)5)13(6)7;1-10(2)14(9)16(13(7)8)15(11(3)4)12(5)6;;;;;;/h1-10,19H,11-16H2;2*1-10,19,22H,11-16H2;1-6,9-10,12-13,18H,7-8,11,14-15H2;5,7-8H,1-4H2;5-8H,1-4H2;3,6H,1-2H2;2*1H4;;;4*1H2;;. The number of unbranched alkanes of at least 4 members (excludes halogenated alkanes) is 1. The van der Waals surface area contributed by atoms with Crippen molar-refractivity contribution in [2.45, 2.75) is 117 Å². The third-order valence-electron chi connectivity index (χ3n) is 23.9. The van der Waals surface area contributed by atoms with Crippen LogP contribution in [0.1, 0.15) is 72.2 Å². The molecule has 0 unspecified atom stereocenters. The summed E-state index contributed by atoms with van der Waals surface area (Å²) in [5.41, 5.74) is 10.6. The second-order valence-corrected chi connectivity index (χ2v) is 37.4. The molecular weight excluding hydrogens is 2120 g/mol. The Morgan fingerprint density at radius 3 is 0.810 bits per heavy atom. The van der Waals surface area contributed by atoms with Crippen LogP contribution in [0.15, 0.2) is 243 Å². The molecule has 17 N–H and O–H groups in total. The first-order valence-electron chi connectivity index (χ1n) is 48.6. The third kappa shape index (κ3) is 67.9. The largest absolute Gasteiger partial charge is 0.412 e. The van der Waals surface area contributed by atoms with Crippen LogP contribution in [0, 0.1) is 0 Å². The molecule has 0 bridgehead atoms. The van der Waals surface area contributed by atoms with Gasteiger partial charge >= 0.3 is 0 Å². The summed E-state index contributed by atoms with van der Waals surface area (Å²) >= 11 is 6.19. The van der Waals surface area contributed by atoms with Crippen molar-refractivity contribution in [2.24, 2.45) is 0 Å². The van der Waals surface area contributed by atoms with E-state index in [0.29, 0.717) is 36.8 Å². The number of halogens is 4. The maximum absolute atomic E-state index is 14.3. The molecule has 37 radical (unpaired) electrons. The predicted octanol–water partition coefficient (Wildman–Crippen LogP) is -3.53. The van der Waals surface area contributed by atoms with Crippen LogP contribution in [-0.2, 0) is 93.1 Å². The first-order chi connectivity index (χ1) is 66.9. The molecule has 0 atom stereocenters. The maximum Gasteiger partial charge on any atom is 0.125 e. The predicted molar refractivity (Wildman–Crippen MR) is 659 cm³/mol. The third-order valence-corrected chi connectivity index (χ3v) is 25.4. The molecule has 5 heterocycles. The van der Waals surface area contributed by atoms with Gasteiger partial charge < -0.3 is 68.9 Å². The molecular formula is C89H137B33Br2F2N11O8Pd2. The van der Waals surface area contributed by atoms with Crippen LogP contribution in [0.2, 0.25) is 0 Å². The molecule has 5 aliphatic rings. The zero-order chi connectivity index (χ0) is 101. The molecule has 13 rings (SSSR count). The number of aliphatic hydroxyl groups excluding tert-OH is 4. The fourth-order valence-electron chi connectivity index (χ4n) is 16.7. The fourth-order valence-corrected chi connectivity index (χ4v) is 17.8. The van der Waals surface area contributed by atoms with Crippen molar-refractivity contribution in [3.8, 4) is 0 Å². The molecule has 0 aromatic heterocycles. The maximum atomic E-state index is 14.3. The summed E-state index contributed by atoms with van der Waals surface area (Å²) in [6, 6.07) is 83.9.